The highest BCUT2D eigenvalue weighted by molar-refractivity contribution is 5.79. The number of hydrogen-bond acceptors (Lipinski definition) is 3. The summed E-state index contributed by atoms with van der Waals surface area (Å²) in [5, 5.41) is 18.9. The van der Waals surface area contributed by atoms with Crippen molar-refractivity contribution in [2.24, 2.45) is 11.8 Å². The number of rotatable bonds is 5. The molecule has 0 aliphatic heterocycles. The maximum absolute atomic E-state index is 11.9. The van der Waals surface area contributed by atoms with Crippen LogP contribution in [0.3, 0.4) is 0 Å². The molecule has 2 rings (SSSR count). The standard InChI is InChI=1S/C14H21N3O3/c1-8-12(9(2)17-16-8)6-13(18)15-7-10-4-3-5-11(10)14(19)20/h10-11H,3-7H2,1-2H3,(H,15,18)(H,16,17)(H,19,20). The molecule has 1 aromatic rings. The van der Waals surface area contributed by atoms with Crippen LogP contribution in [0.4, 0.5) is 0 Å². The van der Waals surface area contributed by atoms with Crippen LogP contribution in [-0.2, 0) is 16.0 Å². The molecule has 1 aliphatic rings. The van der Waals surface area contributed by atoms with E-state index in [0.29, 0.717) is 13.0 Å². The highest BCUT2D eigenvalue weighted by Gasteiger charge is 2.32. The molecule has 1 heterocycles. The van der Waals surface area contributed by atoms with Crippen LogP contribution < -0.4 is 5.32 Å². The Kier molecular flexibility index (Phi) is 4.42. The summed E-state index contributed by atoms with van der Waals surface area (Å²) in [6.07, 6.45) is 2.81. The Morgan fingerprint density at radius 2 is 2.15 bits per heavy atom. The first-order valence-corrected chi connectivity index (χ1v) is 6.99. The lowest BCUT2D eigenvalue weighted by molar-refractivity contribution is -0.143. The lowest BCUT2D eigenvalue weighted by Gasteiger charge is -2.16. The fourth-order valence-corrected chi connectivity index (χ4v) is 2.91. The zero-order chi connectivity index (χ0) is 14.7. The van der Waals surface area contributed by atoms with Crippen molar-refractivity contribution in [1.29, 1.82) is 0 Å². The van der Waals surface area contributed by atoms with Gasteiger partial charge in [0.2, 0.25) is 5.91 Å². The molecule has 2 atom stereocenters. The van der Waals surface area contributed by atoms with Crippen molar-refractivity contribution in [2.75, 3.05) is 6.54 Å². The average Bonchev–Trinajstić information content (AvgIpc) is 2.98. The van der Waals surface area contributed by atoms with Gasteiger partial charge in [0.05, 0.1) is 18.0 Å². The minimum absolute atomic E-state index is 0.0583. The number of aromatic amines is 1. The van der Waals surface area contributed by atoms with Crippen LogP contribution in [0, 0.1) is 25.7 Å². The van der Waals surface area contributed by atoms with Gasteiger partial charge in [-0.1, -0.05) is 6.42 Å². The van der Waals surface area contributed by atoms with Gasteiger partial charge in [-0.3, -0.25) is 14.7 Å². The van der Waals surface area contributed by atoms with Gasteiger partial charge in [-0.15, -0.1) is 0 Å². The molecule has 1 aliphatic carbocycles. The number of H-pyrrole nitrogens is 1. The minimum Gasteiger partial charge on any atom is -0.481 e. The number of carbonyl (C=O) groups is 2. The third-order valence-electron chi connectivity index (χ3n) is 4.16. The predicted octanol–water partition coefficient (Wildman–Crippen LogP) is 1.19. The second-order valence-electron chi connectivity index (χ2n) is 5.53. The Morgan fingerprint density at radius 3 is 2.75 bits per heavy atom. The van der Waals surface area contributed by atoms with Crippen molar-refractivity contribution < 1.29 is 14.7 Å². The summed E-state index contributed by atoms with van der Waals surface area (Å²) < 4.78 is 0. The molecule has 1 aromatic heterocycles. The van der Waals surface area contributed by atoms with Crippen LogP contribution >= 0.6 is 0 Å². The van der Waals surface area contributed by atoms with Crippen LogP contribution in [0.2, 0.25) is 0 Å². The maximum atomic E-state index is 11.9. The van der Waals surface area contributed by atoms with Crippen molar-refractivity contribution in [3.05, 3.63) is 17.0 Å². The molecule has 6 nitrogen and oxygen atoms in total. The molecule has 0 radical (unpaired) electrons. The van der Waals surface area contributed by atoms with Crippen molar-refractivity contribution >= 4 is 11.9 Å². The number of carbonyl (C=O) groups excluding carboxylic acids is 1. The van der Waals surface area contributed by atoms with Gasteiger partial charge in [0, 0.05) is 17.8 Å². The van der Waals surface area contributed by atoms with Crippen molar-refractivity contribution in [3.8, 4) is 0 Å². The van der Waals surface area contributed by atoms with Crippen LogP contribution in [-0.4, -0.2) is 33.7 Å². The first-order valence-electron chi connectivity index (χ1n) is 6.99. The fourth-order valence-electron chi connectivity index (χ4n) is 2.91. The second-order valence-corrected chi connectivity index (χ2v) is 5.53. The van der Waals surface area contributed by atoms with Gasteiger partial charge < -0.3 is 10.4 Å². The summed E-state index contributed by atoms with van der Waals surface area (Å²) in [6, 6.07) is 0. The van der Waals surface area contributed by atoms with E-state index in [1.807, 2.05) is 13.8 Å². The Labute approximate surface area is 118 Å². The largest absolute Gasteiger partial charge is 0.481 e. The number of amides is 1. The SMILES string of the molecule is Cc1n[nH]c(C)c1CC(=O)NCC1CCCC1C(=O)O. The average molecular weight is 279 g/mol. The quantitative estimate of drug-likeness (QED) is 0.754. The molecule has 0 spiro atoms. The highest BCUT2D eigenvalue weighted by Crippen LogP contribution is 2.31. The second kappa shape index (κ2) is 6.07. The Balaban J connectivity index is 1.85. The summed E-state index contributed by atoms with van der Waals surface area (Å²) in [5.74, 6) is -1.08. The van der Waals surface area contributed by atoms with Crippen LogP contribution in [0.1, 0.15) is 36.2 Å². The lowest BCUT2D eigenvalue weighted by Crippen LogP contribution is -2.34. The minimum atomic E-state index is -0.747. The number of aryl methyl sites for hydroxylation is 2. The molecule has 20 heavy (non-hydrogen) atoms. The van der Waals surface area contributed by atoms with E-state index in [2.05, 4.69) is 15.5 Å². The van der Waals surface area contributed by atoms with E-state index in [9.17, 15) is 9.59 Å². The van der Waals surface area contributed by atoms with E-state index in [1.54, 1.807) is 0 Å². The molecular formula is C14H21N3O3. The van der Waals surface area contributed by atoms with E-state index in [4.69, 9.17) is 5.11 Å². The van der Waals surface area contributed by atoms with Gasteiger partial charge in [-0.25, -0.2) is 0 Å². The molecular weight excluding hydrogens is 258 g/mol. The maximum Gasteiger partial charge on any atom is 0.306 e. The van der Waals surface area contributed by atoms with Crippen LogP contribution in [0.25, 0.3) is 0 Å². The summed E-state index contributed by atoms with van der Waals surface area (Å²) in [4.78, 5) is 23.0. The summed E-state index contributed by atoms with van der Waals surface area (Å²) >= 11 is 0. The molecule has 3 N–H and O–H groups in total. The zero-order valence-electron chi connectivity index (χ0n) is 11.9. The van der Waals surface area contributed by atoms with Gasteiger partial charge in [-0.05, 0) is 32.6 Å². The molecule has 0 saturated heterocycles. The van der Waals surface area contributed by atoms with Gasteiger partial charge >= 0.3 is 5.97 Å². The number of hydrogen-bond donors (Lipinski definition) is 3. The Hall–Kier alpha value is -1.85. The van der Waals surface area contributed by atoms with Crippen LogP contribution in [0.15, 0.2) is 0 Å². The number of nitrogens with one attached hydrogen (secondary N) is 2. The molecule has 0 bridgehead atoms. The van der Waals surface area contributed by atoms with Gasteiger partial charge in [0.15, 0.2) is 0 Å². The normalized spacial score (nSPS) is 21.9. The van der Waals surface area contributed by atoms with E-state index in [0.717, 1.165) is 36.2 Å². The van der Waals surface area contributed by atoms with Crippen molar-refractivity contribution in [1.82, 2.24) is 15.5 Å². The highest BCUT2D eigenvalue weighted by atomic mass is 16.4. The molecule has 1 amide bonds. The summed E-state index contributed by atoms with van der Waals surface area (Å²) in [6.45, 7) is 4.20. The molecule has 110 valence electrons. The third kappa shape index (κ3) is 3.18. The Bertz CT molecular complexity index is 490. The summed E-state index contributed by atoms with van der Waals surface area (Å²) in [7, 11) is 0. The van der Waals surface area contributed by atoms with Gasteiger partial charge in [-0.2, -0.15) is 5.10 Å². The van der Waals surface area contributed by atoms with E-state index < -0.39 is 5.97 Å². The van der Waals surface area contributed by atoms with Crippen LogP contribution in [0.5, 0.6) is 0 Å². The number of carboxylic acid groups (broad SMARTS) is 1. The topological polar surface area (TPSA) is 95.1 Å². The number of nitrogens with zero attached hydrogens (tertiary/aromatic N) is 1. The molecule has 2 unspecified atom stereocenters. The number of aromatic nitrogens is 2. The summed E-state index contributed by atoms with van der Waals surface area (Å²) in [5.41, 5.74) is 2.66. The van der Waals surface area contributed by atoms with E-state index in [1.165, 1.54) is 0 Å². The first-order chi connectivity index (χ1) is 9.49. The van der Waals surface area contributed by atoms with Gasteiger partial charge in [0.25, 0.3) is 0 Å². The van der Waals surface area contributed by atoms with E-state index >= 15 is 0 Å². The first kappa shape index (κ1) is 14.6. The van der Waals surface area contributed by atoms with Gasteiger partial charge in [0.1, 0.15) is 0 Å². The molecule has 1 fully saturated rings. The molecule has 0 aromatic carbocycles. The Morgan fingerprint density at radius 1 is 1.40 bits per heavy atom. The number of carboxylic acids is 1. The van der Waals surface area contributed by atoms with Crippen molar-refractivity contribution in [2.45, 2.75) is 39.5 Å². The zero-order valence-corrected chi connectivity index (χ0v) is 11.9. The molecule has 6 heteroatoms. The smallest absolute Gasteiger partial charge is 0.306 e. The number of aliphatic carboxylic acids is 1. The lowest BCUT2D eigenvalue weighted by atomic mass is 9.96. The van der Waals surface area contributed by atoms with E-state index in [-0.39, 0.29) is 17.7 Å². The fraction of sp³-hybridized carbons (Fsp3) is 0.643. The van der Waals surface area contributed by atoms with Crippen molar-refractivity contribution in [3.63, 3.8) is 0 Å². The third-order valence-corrected chi connectivity index (χ3v) is 4.16. The monoisotopic (exact) mass is 279 g/mol. The molecule has 1 saturated carbocycles. The predicted molar refractivity (Wildman–Crippen MR) is 73.2 cm³/mol.